The lowest BCUT2D eigenvalue weighted by Crippen LogP contribution is -2.32. The normalized spacial score (nSPS) is 18.2. The maximum atomic E-state index is 12.6. The molecule has 1 unspecified atom stereocenters. The summed E-state index contributed by atoms with van der Waals surface area (Å²) in [7, 11) is 0. The van der Waals surface area contributed by atoms with Gasteiger partial charge in [0.2, 0.25) is 0 Å². The van der Waals surface area contributed by atoms with Crippen LogP contribution in [0.3, 0.4) is 0 Å². The summed E-state index contributed by atoms with van der Waals surface area (Å²) in [6.07, 6.45) is 10.4. The zero-order valence-electron chi connectivity index (χ0n) is 13.9. The number of amides is 1. The van der Waals surface area contributed by atoms with E-state index >= 15 is 0 Å². The predicted octanol–water partition coefficient (Wildman–Crippen LogP) is 1.64. The van der Waals surface area contributed by atoms with Gasteiger partial charge < -0.3 is 10.6 Å². The van der Waals surface area contributed by atoms with Gasteiger partial charge >= 0.3 is 0 Å². The minimum Gasteiger partial charge on any atom is -0.382 e. The molecule has 1 saturated heterocycles. The Kier molecular flexibility index (Phi) is 4.98. The number of hydrogen-bond donors (Lipinski definition) is 1. The molecule has 126 valence electrons. The lowest BCUT2D eigenvalue weighted by Gasteiger charge is -2.20. The molecule has 7 heteroatoms. The second kappa shape index (κ2) is 7.33. The molecular weight excluding hydrogens is 304 g/mol. The Hall–Kier alpha value is -2.57. The first-order chi connectivity index (χ1) is 11.6. The molecule has 3 rings (SSSR count). The molecule has 0 spiro atoms. The average molecular weight is 326 g/mol. The Labute approximate surface area is 141 Å². The monoisotopic (exact) mass is 326 g/mol. The van der Waals surface area contributed by atoms with Crippen molar-refractivity contribution in [2.24, 2.45) is 5.92 Å². The Balaban J connectivity index is 1.59. The molecule has 7 nitrogen and oxygen atoms in total. The quantitative estimate of drug-likeness (QED) is 0.921. The number of rotatable bonds is 3. The fourth-order valence-electron chi connectivity index (χ4n) is 3.00. The predicted molar refractivity (Wildman–Crippen MR) is 90.2 cm³/mol. The SMILES string of the molecule is Cc1cnc(C(=O)N2CCCC(Cc3cnc(N)cn3)CC2)cn1. The number of carbonyl (C=O) groups is 1. The molecule has 0 aliphatic carbocycles. The van der Waals surface area contributed by atoms with E-state index in [1.807, 2.05) is 11.8 Å². The van der Waals surface area contributed by atoms with Crippen molar-refractivity contribution in [2.45, 2.75) is 32.6 Å². The summed E-state index contributed by atoms with van der Waals surface area (Å²) in [5.41, 5.74) is 7.76. The number of aromatic nitrogens is 4. The first-order valence-corrected chi connectivity index (χ1v) is 8.26. The smallest absolute Gasteiger partial charge is 0.274 e. The van der Waals surface area contributed by atoms with Crippen LogP contribution in [0.25, 0.3) is 0 Å². The standard InChI is InChI=1S/C17H22N6O/c1-12-8-21-15(10-19-12)17(24)23-5-2-3-13(4-6-23)7-14-9-22-16(18)11-20-14/h8-11,13H,2-7H2,1H3,(H2,18,22). The van der Waals surface area contributed by atoms with E-state index in [1.165, 1.54) is 0 Å². The highest BCUT2D eigenvalue weighted by atomic mass is 16.2. The van der Waals surface area contributed by atoms with Crippen molar-refractivity contribution < 1.29 is 4.79 Å². The third kappa shape index (κ3) is 4.04. The summed E-state index contributed by atoms with van der Waals surface area (Å²) in [6, 6.07) is 0. The molecular formula is C17H22N6O. The highest BCUT2D eigenvalue weighted by Crippen LogP contribution is 2.22. The molecule has 1 atom stereocenters. The third-order valence-corrected chi connectivity index (χ3v) is 4.36. The molecule has 2 N–H and O–H groups in total. The molecule has 0 aromatic carbocycles. The number of aryl methyl sites for hydroxylation is 1. The van der Waals surface area contributed by atoms with Crippen LogP contribution in [0.5, 0.6) is 0 Å². The van der Waals surface area contributed by atoms with Crippen LogP contribution < -0.4 is 5.73 Å². The molecule has 3 heterocycles. The van der Waals surface area contributed by atoms with Gasteiger partial charge in [0.05, 0.1) is 30.0 Å². The highest BCUT2D eigenvalue weighted by Gasteiger charge is 2.23. The van der Waals surface area contributed by atoms with Crippen molar-refractivity contribution in [1.29, 1.82) is 0 Å². The van der Waals surface area contributed by atoms with Gasteiger partial charge in [0, 0.05) is 19.3 Å². The molecule has 1 aliphatic rings. The first-order valence-electron chi connectivity index (χ1n) is 8.26. The van der Waals surface area contributed by atoms with E-state index in [-0.39, 0.29) is 5.91 Å². The molecule has 1 fully saturated rings. The van der Waals surface area contributed by atoms with E-state index in [2.05, 4.69) is 19.9 Å². The van der Waals surface area contributed by atoms with Crippen LogP contribution in [0, 0.1) is 12.8 Å². The number of anilines is 1. The number of likely N-dealkylation sites (tertiary alicyclic amines) is 1. The van der Waals surface area contributed by atoms with Crippen LogP contribution >= 0.6 is 0 Å². The van der Waals surface area contributed by atoms with Crippen molar-refractivity contribution in [3.05, 3.63) is 41.9 Å². The van der Waals surface area contributed by atoms with Gasteiger partial charge in [0.15, 0.2) is 0 Å². The van der Waals surface area contributed by atoms with Crippen LogP contribution in [-0.2, 0) is 6.42 Å². The Morgan fingerprint density at radius 3 is 2.71 bits per heavy atom. The minimum absolute atomic E-state index is 0.0320. The number of hydrogen-bond acceptors (Lipinski definition) is 6. The molecule has 1 aliphatic heterocycles. The fraction of sp³-hybridized carbons (Fsp3) is 0.471. The van der Waals surface area contributed by atoms with Gasteiger partial charge in [0.25, 0.3) is 5.91 Å². The summed E-state index contributed by atoms with van der Waals surface area (Å²) in [6.45, 7) is 3.36. The van der Waals surface area contributed by atoms with Gasteiger partial charge in [-0.15, -0.1) is 0 Å². The van der Waals surface area contributed by atoms with Crippen LogP contribution in [0.1, 0.15) is 41.1 Å². The van der Waals surface area contributed by atoms with Crippen LogP contribution in [0.2, 0.25) is 0 Å². The zero-order chi connectivity index (χ0) is 16.9. The van der Waals surface area contributed by atoms with Crippen LogP contribution in [0.4, 0.5) is 5.82 Å². The number of nitrogens with two attached hydrogens (primary N) is 1. The van der Waals surface area contributed by atoms with Gasteiger partial charge in [-0.2, -0.15) is 0 Å². The average Bonchev–Trinajstić information content (AvgIpc) is 2.83. The Bertz CT molecular complexity index is 685. The van der Waals surface area contributed by atoms with Crippen molar-refractivity contribution in [3.8, 4) is 0 Å². The molecule has 0 saturated carbocycles. The highest BCUT2D eigenvalue weighted by molar-refractivity contribution is 5.92. The first kappa shape index (κ1) is 16.3. The summed E-state index contributed by atoms with van der Waals surface area (Å²) in [5.74, 6) is 0.913. The van der Waals surface area contributed by atoms with E-state index in [0.717, 1.165) is 50.2 Å². The van der Waals surface area contributed by atoms with E-state index in [0.29, 0.717) is 17.4 Å². The maximum Gasteiger partial charge on any atom is 0.274 e. The molecule has 24 heavy (non-hydrogen) atoms. The van der Waals surface area contributed by atoms with Gasteiger partial charge in [-0.05, 0) is 38.5 Å². The largest absolute Gasteiger partial charge is 0.382 e. The molecule has 1 amide bonds. The Morgan fingerprint density at radius 1 is 1.12 bits per heavy atom. The van der Waals surface area contributed by atoms with E-state index in [4.69, 9.17) is 5.73 Å². The van der Waals surface area contributed by atoms with Crippen LogP contribution in [-0.4, -0.2) is 43.8 Å². The topological polar surface area (TPSA) is 97.9 Å². The van der Waals surface area contributed by atoms with Gasteiger partial charge in [-0.1, -0.05) is 0 Å². The van der Waals surface area contributed by atoms with E-state index < -0.39 is 0 Å². The third-order valence-electron chi connectivity index (χ3n) is 4.36. The second-order valence-corrected chi connectivity index (χ2v) is 6.27. The van der Waals surface area contributed by atoms with Crippen LogP contribution in [0.15, 0.2) is 24.8 Å². The second-order valence-electron chi connectivity index (χ2n) is 6.27. The van der Waals surface area contributed by atoms with Gasteiger partial charge in [-0.25, -0.2) is 9.97 Å². The lowest BCUT2D eigenvalue weighted by molar-refractivity contribution is 0.0753. The van der Waals surface area contributed by atoms with Crippen molar-refractivity contribution in [2.75, 3.05) is 18.8 Å². The summed E-state index contributed by atoms with van der Waals surface area (Å²) < 4.78 is 0. The van der Waals surface area contributed by atoms with E-state index in [9.17, 15) is 4.79 Å². The van der Waals surface area contributed by atoms with Crippen molar-refractivity contribution >= 4 is 11.7 Å². The molecule has 2 aromatic rings. The zero-order valence-corrected chi connectivity index (χ0v) is 13.9. The minimum atomic E-state index is -0.0320. The van der Waals surface area contributed by atoms with Gasteiger partial charge in [0.1, 0.15) is 11.5 Å². The maximum absolute atomic E-state index is 12.6. The van der Waals surface area contributed by atoms with Gasteiger partial charge in [-0.3, -0.25) is 14.8 Å². The fourth-order valence-corrected chi connectivity index (χ4v) is 3.00. The van der Waals surface area contributed by atoms with Crippen molar-refractivity contribution in [1.82, 2.24) is 24.8 Å². The lowest BCUT2D eigenvalue weighted by atomic mass is 9.95. The number of nitrogens with zero attached hydrogens (tertiary/aromatic N) is 5. The summed E-state index contributed by atoms with van der Waals surface area (Å²) in [4.78, 5) is 31.2. The summed E-state index contributed by atoms with van der Waals surface area (Å²) >= 11 is 0. The Morgan fingerprint density at radius 2 is 2.00 bits per heavy atom. The summed E-state index contributed by atoms with van der Waals surface area (Å²) in [5, 5.41) is 0. The number of nitrogen functional groups attached to an aromatic ring is 1. The molecule has 2 aromatic heterocycles. The number of carbonyl (C=O) groups excluding carboxylic acids is 1. The molecule has 0 bridgehead atoms. The molecule has 0 radical (unpaired) electrons. The van der Waals surface area contributed by atoms with E-state index in [1.54, 1.807) is 24.8 Å². The van der Waals surface area contributed by atoms with Crippen molar-refractivity contribution in [3.63, 3.8) is 0 Å².